The van der Waals surface area contributed by atoms with Crippen LogP contribution >= 0.6 is 0 Å². The van der Waals surface area contributed by atoms with Gasteiger partial charge in [0, 0.05) is 23.7 Å². The van der Waals surface area contributed by atoms with Crippen LogP contribution in [-0.2, 0) is 0 Å². The van der Waals surface area contributed by atoms with Crippen molar-refractivity contribution in [3.05, 3.63) is 54.2 Å². The van der Waals surface area contributed by atoms with E-state index in [1.54, 1.807) is 18.3 Å². The third-order valence-corrected chi connectivity index (χ3v) is 2.51. The van der Waals surface area contributed by atoms with Crippen molar-refractivity contribution in [2.75, 3.05) is 0 Å². The van der Waals surface area contributed by atoms with Crippen molar-refractivity contribution in [2.45, 2.75) is 13.8 Å². The lowest BCUT2D eigenvalue weighted by molar-refractivity contribution is 0.0939. The summed E-state index contributed by atoms with van der Waals surface area (Å²) in [7, 11) is 0. The summed E-state index contributed by atoms with van der Waals surface area (Å²) in [6.07, 6.45) is 1.56. The predicted octanol–water partition coefficient (Wildman–Crippen LogP) is 3.71. The second-order valence-corrected chi connectivity index (χ2v) is 4.32. The SMILES string of the molecule is CC(C)C(=O)c1ccc(Oc2ccccc2)nc1. The Kier molecular flexibility index (Phi) is 3.72. The minimum atomic E-state index is -0.0207. The molecule has 0 spiro atoms. The first-order valence-electron chi connectivity index (χ1n) is 5.90. The Balaban J connectivity index is 2.11. The minimum absolute atomic E-state index is 0.0207. The number of ketones is 1. The maximum atomic E-state index is 11.7. The van der Waals surface area contributed by atoms with Gasteiger partial charge in [-0.15, -0.1) is 0 Å². The second-order valence-electron chi connectivity index (χ2n) is 4.32. The Hall–Kier alpha value is -2.16. The number of nitrogens with zero attached hydrogens (tertiary/aromatic N) is 1. The van der Waals surface area contributed by atoms with E-state index in [0.717, 1.165) is 5.75 Å². The number of Topliss-reactive ketones (excluding diaryl/α,β-unsaturated/α-hetero) is 1. The summed E-state index contributed by atoms with van der Waals surface area (Å²) in [5.41, 5.74) is 0.616. The molecule has 0 bridgehead atoms. The van der Waals surface area contributed by atoms with Gasteiger partial charge in [-0.1, -0.05) is 32.0 Å². The number of rotatable bonds is 4. The second kappa shape index (κ2) is 5.45. The molecule has 0 atom stereocenters. The summed E-state index contributed by atoms with van der Waals surface area (Å²) in [6, 6.07) is 12.9. The van der Waals surface area contributed by atoms with Crippen molar-refractivity contribution in [1.29, 1.82) is 0 Å². The van der Waals surface area contributed by atoms with Crippen molar-refractivity contribution in [3.8, 4) is 11.6 Å². The first-order chi connectivity index (χ1) is 8.66. The van der Waals surface area contributed by atoms with Crippen molar-refractivity contribution < 1.29 is 9.53 Å². The number of carbonyl (C=O) groups is 1. The van der Waals surface area contributed by atoms with Crippen LogP contribution in [0, 0.1) is 5.92 Å². The standard InChI is InChI=1S/C15H15NO2/c1-11(2)15(17)12-8-9-14(16-10-12)18-13-6-4-3-5-7-13/h3-11H,1-2H3. The lowest BCUT2D eigenvalue weighted by Gasteiger charge is -2.06. The maximum absolute atomic E-state index is 11.7. The largest absolute Gasteiger partial charge is 0.439 e. The topological polar surface area (TPSA) is 39.2 Å². The summed E-state index contributed by atoms with van der Waals surface area (Å²) in [5.74, 6) is 1.29. The molecule has 18 heavy (non-hydrogen) atoms. The number of ether oxygens (including phenoxy) is 1. The molecular weight excluding hydrogens is 226 g/mol. The molecular formula is C15H15NO2. The fraction of sp³-hybridized carbons (Fsp3) is 0.200. The van der Waals surface area contributed by atoms with E-state index >= 15 is 0 Å². The highest BCUT2D eigenvalue weighted by molar-refractivity contribution is 5.97. The van der Waals surface area contributed by atoms with Gasteiger partial charge in [0.25, 0.3) is 0 Å². The molecule has 0 aliphatic rings. The summed E-state index contributed by atoms with van der Waals surface area (Å²) in [4.78, 5) is 15.9. The van der Waals surface area contributed by atoms with Gasteiger partial charge in [-0.25, -0.2) is 4.98 Å². The summed E-state index contributed by atoms with van der Waals surface area (Å²) < 4.78 is 5.55. The Morgan fingerprint density at radius 2 is 1.83 bits per heavy atom. The number of benzene rings is 1. The molecule has 0 unspecified atom stereocenters. The molecule has 0 saturated carbocycles. The molecule has 0 fully saturated rings. The first kappa shape index (κ1) is 12.3. The normalized spacial score (nSPS) is 10.4. The fourth-order valence-electron chi connectivity index (χ4n) is 1.53. The molecule has 3 nitrogen and oxygen atoms in total. The lowest BCUT2D eigenvalue weighted by atomic mass is 10.0. The van der Waals surface area contributed by atoms with E-state index in [1.807, 2.05) is 44.2 Å². The van der Waals surface area contributed by atoms with E-state index in [2.05, 4.69) is 4.98 Å². The van der Waals surface area contributed by atoms with Crippen LogP contribution in [-0.4, -0.2) is 10.8 Å². The lowest BCUT2D eigenvalue weighted by Crippen LogP contribution is -2.07. The molecule has 0 aliphatic heterocycles. The molecule has 1 aromatic heterocycles. The number of carbonyl (C=O) groups excluding carboxylic acids is 1. The van der Waals surface area contributed by atoms with E-state index in [9.17, 15) is 4.79 Å². The summed E-state index contributed by atoms with van der Waals surface area (Å²) in [6.45, 7) is 3.74. The van der Waals surface area contributed by atoms with E-state index in [0.29, 0.717) is 11.4 Å². The Morgan fingerprint density at radius 3 is 2.39 bits per heavy atom. The summed E-state index contributed by atoms with van der Waals surface area (Å²) >= 11 is 0. The molecule has 2 rings (SSSR count). The van der Waals surface area contributed by atoms with E-state index in [-0.39, 0.29) is 11.7 Å². The maximum Gasteiger partial charge on any atom is 0.219 e. The average molecular weight is 241 g/mol. The predicted molar refractivity (Wildman–Crippen MR) is 69.9 cm³/mol. The monoisotopic (exact) mass is 241 g/mol. The number of hydrogen-bond donors (Lipinski definition) is 0. The molecule has 92 valence electrons. The molecule has 0 N–H and O–H groups in total. The van der Waals surface area contributed by atoms with Crippen molar-refractivity contribution >= 4 is 5.78 Å². The average Bonchev–Trinajstić information content (AvgIpc) is 2.40. The number of para-hydroxylation sites is 1. The van der Waals surface area contributed by atoms with Crippen LogP contribution in [0.2, 0.25) is 0 Å². The van der Waals surface area contributed by atoms with Crippen LogP contribution < -0.4 is 4.74 Å². The van der Waals surface area contributed by atoms with Gasteiger partial charge in [0.15, 0.2) is 5.78 Å². The zero-order chi connectivity index (χ0) is 13.0. The third kappa shape index (κ3) is 2.94. The minimum Gasteiger partial charge on any atom is -0.439 e. The molecule has 3 heteroatoms. The van der Waals surface area contributed by atoms with Crippen LogP contribution in [0.3, 0.4) is 0 Å². The van der Waals surface area contributed by atoms with Gasteiger partial charge in [0.2, 0.25) is 5.88 Å². The van der Waals surface area contributed by atoms with Gasteiger partial charge in [-0.3, -0.25) is 4.79 Å². The summed E-state index contributed by atoms with van der Waals surface area (Å²) in [5, 5.41) is 0. The smallest absolute Gasteiger partial charge is 0.219 e. The molecule has 0 saturated heterocycles. The first-order valence-corrected chi connectivity index (χ1v) is 5.90. The molecule has 0 radical (unpaired) electrons. The van der Waals surface area contributed by atoms with Gasteiger partial charge in [0.1, 0.15) is 5.75 Å². The van der Waals surface area contributed by atoms with E-state index in [1.165, 1.54) is 0 Å². The molecule has 2 aromatic rings. The highest BCUT2D eigenvalue weighted by Crippen LogP contribution is 2.19. The van der Waals surface area contributed by atoms with Gasteiger partial charge in [-0.2, -0.15) is 0 Å². The zero-order valence-corrected chi connectivity index (χ0v) is 10.5. The fourth-order valence-corrected chi connectivity index (χ4v) is 1.53. The Morgan fingerprint density at radius 1 is 1.11 bits per heavy atom. The van der Waals surface area contributed by atoms with Gasteiger partial charge in [-0.05, 0) is 18.2 Å². The highest BCUT2D eigenvalue weighted by Gasteiger charge is 2.10. The zero-order valence-electron chi connectivity index (χ0n) is 10.5. The van der Waals surface area contributed by atoms with Gasteiger partial charge < -0.3 is 4.74 Å². The molecule has 1 aromatic carbocycles. The van der Waals surface area contributed by atoms with Crippen molar-refractivity contribution in [1.82, 2.24) is 4.98 Å². The number of aromatic nitrogens is 1. The van der Waals surface area contributed by atoms with E-state index < -0.39 is 0 Å². The highest BCUT2D eigenvalue weighted by atomic mass is 16.5. The van der Waals surface area contributed by atoms with Gasteiger partial charge >= 0.3 is 0 Å². The number of pyridine rings is 1. The molecule has 0 amide bonds. The van der Waals surface area contributed by atoms with Crippen molar-refractivity contribution in [2.24, 2.45) is 5.92 Å². The number of hydrogen-bond acceptors (Lipinski definition) is 3. The van der Waals surface area contributed by atoms with E-state index in [4.69, 9.17) is 4.74 Å². The van der Waals surface area contributed by atoms with Crippen LogP contribution in [0.15, 0.2) is 48.7 Å². The van der Waals surface area contributed by atoms with Gasteiger partial charge in [0.05, 0.1) is 0 Å². The van der Waals surface area contributed by atoms with Crippen molar-refractivity contribution in [3.63, 3.8) is 0 Å². The third-order valence-electron chi connectivity index (χ3n) is 2.51. The molecule has 0 aliphatic carbocycles. The van der Waals surface area contributed by atoms with Crippen LogP contribution in [0.5, 0.6) is 11.6 Å². The molecule has 1 heterocycles. The van der Waals surface area contributed by atoms with Crippen LogP contribution in [0.4, 0.5) is 0 Å². The Labute approximate surface area is 106 Å². The Bertz CT molecular complexity index is 518. The quantitative estimate of drug-likeness (QED) is 0.766. The van der Waals surface area contributed by atoms with Crippen LogP contribution in [0.1, 0.15) is 24.2 Å². The van der Waals surface area contributed by atoms with Crippen LogP contribution in [0.25, 0.3) is 0 Å².